The summed E-state index contributed by atoms with van der Waals surface area (Å²) in [6.45, 7) is 4.98. The summed E-state index contributed by atoms with van der Waals surface area (Å²) in [5, 5.41) is 3.12. The van der Waals surface area contributed by atoms with Crippen LogP contribution in [0.2, 0.25) is 0 Å². The third kappa shape index (κ3) is 5.20. The van der Waals surface area contributed by atoms with Crippen molar-refractivity contribution in [2.24, 2.45) is 0 Å². The zero-order chi connectivity index (χ0) is 24.8. The normalized spacial score (nSPS) is 10.4. The molecular formula is C25H25NO7S. The molecule has 1 amide bonds. The maximum atomic E-state index is 13.1. The molecule has 0 fully saturated rings. The zero-order valence-corrected chi connectivity index (χ0v) is 20.3. The lowest BCUT2D eigenvalue weighted by Crippen LogP contribution is -2.16. The maximum absolute atomic E-state index is 13.1. The molecule has 0 saturated carbocycles. The molecular weight excluding hydrogens is 458 g/mol. The van der Waals surface area contributed by atoms with Crippen molar-refractivity contribution in [2.75, 3.05) is 26.1 Å². The van der Waals surface area contributed by atoms with E-state index < -0.39 is 17.8 Å². The Morgan fingerprint density at radius 2 is 1.68 bits per heavy atom. The smallest absolute Gasteiger partial charge is 0.341 e. The fraction of sp³-hybridized carbons (Fsp3) is 0.240. The van der Waals surface area contributed by atoms with E-state index in [1.807, 2.05) is 6.92 Å². The number of methoxy groups -OCH3 is 2. The number of nitrogens with one attached hydrogen (secondary N) is 1. The lowest BCUT2D eigenvalue weighted by molar-refractivity contribution is -0.131. The van der Waals surface area contributed by atoms with Crippen molar-refractivity contribution < 1.29 is 33.3 Å². The van der Waals surface area contributed by atoms with Crippen LogP contribution in [-0.4, -0.2) is 38.7 Å². The molecule has 1 heterocycles. The first-order valence-electron chi connectivity index (χ1n) is 10.4. The number of hydrogen-bond donors (Lipinski definition) is 1. The quantitative estimate of drug-likeness (QED) is 0.352. The Kier molecular flexibility index (Phi) is 7.91. The minimum absolute atomic E-state index is 0.124. The third-order valence-electron chi connectivity index (χ3n) is 4.85. The Hall–Kier alpha value is -3.85. The van der Waals surface area contributed by atoms with Gasteiger partial charge in [0.1, 0.15) is 16.3 Å². The van der Waals surface area contributed by atoms with Crippen LogP contribution in [0.1, 0.15) is 39.4 Å². The Bertz CT molecular complexity index is 1230. The number of aryl methyl sites for hydroxylation is 1. The van der Waals surface area contributed by atoms with Gasteiger partial charge in [0.15, 0.2) is 11.5 Å². The number of carbonyl (C=O) groups is 3. The number of carbonyl (C=O) groups excluding carboxylic acids is 3. The number of amides is 1. The maximum Gasteiger partial charge on any atom is 0.341 e. The van der Waals surface area contributed by atoms with Crippen molar-refractivity contribution >= 4 is 34.2 Å². The van der Waals surface area contributed by atoms with Gasteiger partial charge in [-0.1, -0.05) is 18.2 Å². The molecule has 0 bridgehead atoms. The highest BCUT2D eigenvalue weighted by Gasteiger charge is 2.27. The molecule has 0 radical (unpaired) electrons. The van der Waals surface area contributed by atoms with Gasteiger partial charge in [-0.05, 0) is 43.7 Å². The number of thiophene rings is 1. The van der Waals surface area contributed by atoms with Gasteiger partial charge in [-0.25, -0.2) is 4.79 Å². The molecule has 2 aromatic carbocycles. The van der Waals surface area contributed by atoms with Gasteiger partial charge >= 0.3 is 11.9 Å². The van der Waals surface area contributed by atoms with E-state index in [1.165, 1.54) is 37.5 Å². The summed E-state index contributed by atoms with van der Waals surface area (Å²) in [5.41, 5.74) is 1.71. The Balaban J connectivity index is 2.09. The third-order valence-corrected chi connectivity index (χ3v) is 5.87. The van der Waals surface area contributed by atoms with Crippen LogP contribution in [0.15, 0.2) is 42.5 Å². The Labute approximate surface area is 201 Å². The van der Waals surface area contributed by atoms with Crippen LogP contribution < -0.4 is 19.5 Å². The van der Waals surface area contributed by atoms with Crippen LogP contribution in [0.25, 0.3) is 11.1 Å². The molecule has 8 nitrogen and oxygen atoms in total. The van der Waals surface area contributed by atoms with Gasteiger partial charge in [0.2, 0.25) is 0 Å². The van der Waals surface area contributed by atoms with Crippen LogP contribution in [-0.2, 0) is 9.53 Å². The Morgan fingerprint density at radius 1 is 0.971 bits per heavy atom. The van der Waals surface area contributed by atoms with E-state index in [0.29, 0.717) is 27.6 Å². The second-order valence-electron chi connectivity index (χ2n) is 7.07. The first-order chi connectivity index (χ1) is 16.3. The van der Waals surface area contributed by atoms with Crippen molar-refractivity contribution in [3.63, 3.8) is 0 Å². The van der Waals surface area contributed by atoms with Crippen molar-refractivity contribution in [2.45, 2.75) is 20.8 Å². The molecule has 0 aliphatic rings. The monoisotopic (exact) mass is 483 g/mol. The summed E-state index contributed by atoms with van der Waals surface area (Å²) in [4.78, 5) is 38.3. The number of para-hydroxylation sites is 1. The molecule has 178 valence electrons. The fourth-order valence-corrected chi connectivity index (χ4v) is 4.50. The molecule has 0 aliphatic carbocycles. The molecule has 1 aromatic heterocycles. The van der Waals surface area contributed by atoms with E-state index in [0.717, 1.165) is 4.88 Å². The number of ether oxygens (including phenoxy) is 4. The highest BCUT2D eigenvalue weighted by atomic mass is 32.1. The minimum atomic E-state index is -0.569. The predicted molar refractivity (Wildman–Crippen MR) is 129 cm³/mol. The number of esters is 2. The van der Waals surface area contributed by atoms with Gasteiger partial charge in [0.05, 0.1) is 26.4 Å². The molecule has 3 rings (SSSR count). The van der Waals surface area contributed by atoms with E-state index in [2.05, 4.69) is 5.32 Å². The summed E-state index contributed by atoms with van der Waals surface area (Å²) in [5.74, 6) is -0.467. The Morgan fingerprint density at radius 3 is 2.32 bits per heavy atom. The lowest BCUT2D eigenvalue weighted by atomic mass is 10.0. The topological polar surface area (TPSA) is 100 Å². The van der Waals surface area contributed by atoms with Crippen LogP contribution in [0.5, 0.6) is 17.2 Å². The summed E-state index contributed by atoms with van der Waals surface area (Å²) in [6, 6.07) is 11.7. The van der Waals surface area contributed by atoms with Crippen molar-refractivity contribution in [1.29, 1.82) is 0 Å². The van der Waals surface area contributed by atoms with Gasteiger partial charge in [0, 0.05) is 17.4 Å². The van der Waals surface area contributed by atoms with Gasteiger partial charge < -0.3 is 24.3 Å². The SMILES string of the molecule is CCOC(=O)c1c(NC(=O)c2ccccc2OC(C)=O)sc(C)c1-c1ccc(OC)c(OC)c1. The number of anilines is 1. The fourth-order valence-electron chi connectivity index (χ4n) is 3.44. The highest BCUT2D eigenvalue weighted by molar-refractivity contribution is 7.17. The molecule has 1 N–H and O–H groups in total. The number of rotatable bonds is 8. The number of benzene rings is 2. The number of hydrogen-bond acceptors (Lipinski definition) is 8. The molecule has 9 heteroatoms. The summed E-state index contributed by atoms with van der Waals surface area (Å²) < 4.78 is 21.2. The molecule has 0 atom stereocenters. The molecule has 0 spiro atoms. The molecule has 0 unspecified atom stereocenters. The van der Waals surface area contributed by atoms with Crippen molar-refractivity contribution in [3.8, 4) is 28.4 Å². The van der Waals surface area contributed by atoms with Gasteiger partial charge in [-0.2, -0.15) is 0 Å². The molecule has 0 aliphatic heterocycles. The largest absolute Gasteiger partial charge is 0.493 e. The average Bonchev–Trinajstić information content (AvgIpc) is 3.14. The molecule has 3 aromatic rings. The van der Waals surface area contributed by atoms with Crippen LogP contribution in [0.3, 0.4) is 0 Å². The van der Waals surface area contributed by atoms with E-state index in [4.69, 9.17) is 18.9 Å². The van der Waals surface area contributed by atoms with Crippen LogP contribution in [0.4, 0.5) is 5.00 Å². The average molecular weight is 484 g/mol. The second kappa shape index (κ2) is 10.8. The standard InChI is InChI=1S/C25H25NO7S/c1-6-32-25(29)22-21(16-11-12-19(30-4)20(13-16)31-5)14(2)34-24(22)26-23(28)17-9-7-8-10-18(17)33-15(3)27/h7-13H,6H2,1-5H3,(H,26,28). The summed E-state index contributed by atoms with van der Waals surface area (Å²) in [6.07, 6.45) is 0. The van der Waals surface area contributed by atoms with Crippen LogP contribution in [0, 0.1) is 6.92 Å². The lowest BCUT2D eigenvalue weighted by Gasteiger charge is -2.12. The second-order valence-corrected chi connectivity index (χ2v) is 8.30. The van der Waals surface area contributed by atoms with Crippen LogP contribution >= 0.6 is 11.3 Å². The summed E-state index contributed by atoms with van der Waals surface area (Å²) >= 11 is 1.24. The van der Waals surface area contributed by atoms with Crippen molar-refractivity contribution in [1.82, 2.24) is 0 Å². The van der Waals surface area contributed by atoms with E-state index in [-0.39, 0.29) is 23.5 Å². The van der Waals surface area contributed by atoms with E-state index in [1.54, 1.807) is 44.4 Å². The van der Waals surface area contributed by atoms with Gasteiger partial charge in [-0.3, -0.25) is 9.59 Å². The highest BCUT2D eigenvalue weighted by Crippen LogP contribution is 2.43. The first-order valence-corrected chi connectivity index (χ1v) is 11.2. The van der Waals surface area contributed by atoms with E-state index >= 15 is 0 Å². The minimum Gasteiger partial charge on any atom is -0.493 e. The summed E-state index contributed by atoms with van der Waals surface area (Å²) in [7, 11) is 3.07. The zero-order valence-electron chi connectivity index (χ0n) is 19.5. The van der Waals surface area contributed by atoms with Gasteiger partial charge in [0.25, 0.3) is 5.91 Å². The molecule has 34 heavy (non-hydrogen) atoms. The van der Waals surface area contributed by atoms with Gasteiger partial charge in [-0.15, -0.1) is 11.3 Å². The predicted octanol–water partition coefficient (Wildman–Crippen LogP) is 5.10. The molecule has 0 saturated heterocycles. The van der Waals surface area contributed by atoms with Crippen molar-refractivity contribution in [3.05, 3.63) is 58.5 Å². The first kappa shape index (κ1) is 24.8. The van der Waals surface area contributed by atoms with E-state index in [9.17, 15) is 14.4 Å².